The maximum atomic E-state index is 10.1. The predicted octanol–water partition coefficient (Wildman–Crippen LogP) is 3.08. The van der Waals surface area contributed by atoms with E-state index in [2.05, 4.69) is 32.0 Å². The fourth-order valence-corrected chi connectivity index (χ4v) is 2.30. The number of aliphatic hydroxyl groups is 1. The molecule has 2 rings (SSSR count). The summed E-state index contributed by atoms with van der Waals surface area (Å²) < 4.78 is 0. The van der Waals surface area contributed by atoms with Crippen molar-refractivity contribution in [2.45, 2.75) is 39.2 Å². The van der Waals surface area contributed by atoms with Crippen LogP contribution in [0.25, 0.3) is 0 Å². The Balaban J connectivity index is 2.36. The van der Waals surface area contributed by atoms with Crippen LogP contribution in [0.4, 0.5) is 0 Å². The standard InChI is InChI=1S/C13H18O/c1-13(2)8-7-10-5-3-4-6-11(10)12(14)9-13/h3-6,12,14H,7-9H2,1-2H3. The molecule has 0 heterocycles. The van der Waals surface area contributed by atoms with Gasteiger partial charge in [-0.3, -0.25) is 0 Å². The van der Waals surface area contributed by atoms with Crippen LogP contribution in [0, 0.1) is 5.41 Å². The van der Waals surface area contributed by atoms with Crippen molar-refractivity contribution in [2.75, 3.05) is 0 Å². The summed E-state index contributed by atoms with van der Waals surface area (Å²) in [6.07, 6.45) is 2.87. The zero-order valence-electron chi connectivity index (χ0n) is 8.96. The fraction of sp³-hybridized carbons (Fsp3) is 0.538. The molecule has 0 aromatic heterocycles. The van der Waals surface area contributed by atoms with Gasteiger partial charge < -0.3 is 5.11 Å². The summed E-state index contributed by atoms with van der Waals surface area (Å²) in [7, 11) is 0. The van der Waals surface area contributed by atoms with Crippen molar-refractivity contribution in [1.82, 2.24) is 0 Å². The Labute approximate surface area is 85.8 Å². The second kappa shape index (κ2) is 3.39. The van der Waals surface area contributed by atoms with Gasteiger partial charge in [0.15, 0.2) is 0 Å². The molecule has 0 amide bonds. The zero-order chi connectivity index (χ0) is 10.2. The second-order valence-electron chi connectivity index (χ2n) is 5.08. The van der Waals surface area contributed by atoms with Gasteiger partial charge in [-0.25, -0.2) is 0 Å². The van der Waals surface area contributed by atoms with Gasteiger partial charge in [-0.15, -0.1) is 0 Å². The number of fused-ring (bicyclic) bond motifs is 1. The number of aryl methyl sites for hydroxylation is 1. The third-order valence-electron chi connectivity index (χ3n) is 3.23. The molecule has 0 radical (unpaired) electrons. The third kappa shape index (κ3) is 1.83. The van der Waals surface area contributed by atoms with Crippen LogP contribution in [0.3, 0.4) is 0 Å². The van der Waals surface area contributed by atoms with Crippen molar-refractivity contribution < 1.29 is 5.11 Å². The van der Waals surface area contributed by atoms with Crippen LogP contribution in [0.1, 0.15) is 43.9 Å². The van der Waals surface area contributed by atoms with Gasteiger partial charge in [0.05, 0.1) is 6.10 Å². The van der Waals surface area contributed by atoms with Gasteiger partial charge in [-0.2, -0.15) is 0 Å². The SMILES string of the molecule is CC1(C)CCc2ccccc2C(O)C1. The van der Waals surface area contributed by atoms with E-state index in [0.29, 0.717) is 0 Å². The Morgan fingerprint density at radius 2 is 2.00 bits per heavy atom. The number of aliphatic hydroxyl groups excluding tert-OH is 1. The van der Waals surface area contributed by atoms with Crippen LogP contribution >= 0.6 is 0 Å². The van der Waals surface area contributed by atoms with Gasteiger partial charge in [0.2, 0.25) is 0 Å². The number of benzene rings is 1. The minimum absolute atomic E-state index is 0.262. The van der Waals surface area contributed by atoms with Crippen LogP contribution in [0.2, 0.25) is 0 Å². The van der Waals surface area contributed by atoms with Gasteiger partial charge in [-0.1, -0.05) is 38.1 Å². The quantitative estimate of drug-likeness (QED) is 0.623. The van der Waals surface area contributed by atoms with E-state index in [9.17, 15) is 5.11 Å². The van der Waals surface area contributed by atoms with Crippen LogP contribution in [-0.4, -0.2) is 5.11 Å². The molecule has 1 aliphatic carbocycles. The fourth-order valence-electron chi connectivity index (χ4n) is 2.30. The Morgan fingerprint density at radius 3 is 2.79 bits per heavy atom. The van der Waals surface area contributed by atoms with E-state index in [1.807, 2.05) is 6.07 Å². The van der Waals surface area contributed by atoms with Crippen molar-refractivity contribution in [1.29, 1.82) is 0 Å². The Morgan fingerprint density at radius 1 is 1.29 bits per heavy atom. The van der Waals surface area contributed by atoms with Crippen molar-refractivity contribution in [2.24, 2.45) is 5.41 Å². The average molecular weight is 190 g/mol. The molecule has 1 heteroatoms. The summed E-state index contributed by atoms with van der Waals surface area (Å²) in [5, 5.41) is 10.1. The number of rotatable bonds is 0. The van der Waals surface area contributed by atoms with E-state index >= 15 is 0 Å². The highest BCUT2D eigenvalue weighted by Crippen LogP contribution is 2.38. The topological polar surface area (TPSA) is 20.2 Å². The maximum Gasteiger partial charge on any atom is 0.0797 e. The molecule has 1 aromatic carbocycles. The first-order valence-electron chi connectivity index (χ1n) is 5.34. The van der Waals surface area contributed by atoms with E-state index in [0.717, 1.165) is 18.4 Å². The number of hydrogen-bond acceptors (Lipinski definition) is 1. The molecule has 1 nitrogen and oxygen atoms in total. The Bertz CT molecular complexity index is 328. The van der Waals surface area contributed by atoms with E-state index in [1.165, 1.54) is 12.0 Å². The second-order valence-corrected chi connectivity index (χ2v) is 5.08. The molecule has 1 aliphatic rings. The molecule has 0 saturated carbocycles. The minimum Gasteiger partial charge on any atom is -0.388 e. The van der Waals surface area contributed by atoms with Crippen molar-refractivity contribution >= 4 is 0 Å². The molecule has 0 saturated heterocycles. The largest absolute Gasteiger partial charge is 0.388 e. The Hall–Kier alpha value is -0.820. The molecule has 1 aromatic rings. The van der Waals surface area contributed by atoms with Crippen molar-refractivity contribution in [3.63, 3.8) is 0 Å². The summed E-state index contributed by atoms with van der Waals surface area (Å²) >= 11 is 0. The minimum atomic E-state index is -0.274. The van der Waals surface area contributed by atoms with E-state index < -0.39 is 0 Å². The van der Waals surface area contributed by atoms with Crippen molar-refractivity contribution in [3.8, 4) is 0 Å². The lowest BCUT2D eigenvalue weighted by molar-refractivity contribution is 0.116. The first-order chi connectivity index (χ1) is 6.58. The van der Waals surface area contributed by atoms with Gasteiger partial charge >= 0.3 is 0 Å². The molecule has 76 valence electrons. The highest BCUT2D eigenvalue weighted by Gasteiger charge is 2.27. The lowest BCUT2D eigenvalue weighted by atomic mass is 9.84. The van der Waals surface area contributed by atoms with Gasteiger partial charge in [0, 0.05) is 0 Å². The van der Waals surface area contributed by atoms with E-state index in [1.54, 1.807) is 0 Å². The normalized spacial score (nSPS) is 25.2. The monoisotopic (exact) mass is 190 g/mol. The van der Waals surface area contributed by atoms with Crippen molar-refractivity contribution in [3.05, 3.63) is 35.4 Å². The summed E-state index contributed by atoms with van der Waals surface area (Å²) in [6.45, 7) is 4.48. The molecule has 1 unspecified atom stereocenters. The lowest BCUT2D eigenvalue weighted by Crippen LogP contribution is -2.13. The van der Waals surface area contributed by atoms with Gasteiger partial charge in [-0.05, 0) is 35.8 Å². The molecule has 0 spiro atoms. The first-order valence-corrected chi connectivity index (χ1v) is 5.34. The summed E-state index contributed by atoms with van der Waals surface area (Å²) in [5.41, 5.74) is 2.72. The third-order valence-corrected chi connectivity index (χ3v) is 3.23. The molecular formula is C13H18O. The lowest BCUT2D eigenvalue weighted by Gasteiger charge is -2.23. The molecule has 1 atom stereocenters. The van der Waals surface area contributed by atoms with E-state index in [4.69, 9.17) is 0 Å². The van der Waals surface area contributed by atoms with Crippen LogP contribution in [0.5, 0.6) is 0 Å². The Kier molecular flexibility index (Phi) is 2.36. The van der Waals surface area contributed by atoms with Gasteiger partial charge in [0.1, 0.15) is 0 Å². The smallest absolute Gasteiger partial charge is 0.0797 e. The maximum absolute atomic E-state index is 10.1. The van der Waals surface area contributed by atoms with Crippen LogP contribution in [0.15, 0.2) is 24.3 Å². The zero-order valence-corrected chi connectivity index (χ0v) is 8.96. The van der Waals surface area contributed by atoms with E-state index in [-0.39, 0.29) is 11.5 Å². The summed E-state index contributed by atoms with van der Waals surface area (Å²) in [6, 6.07) is 8.27. The van der Waals surface area contributed by atoms with Gasteiger partial charge in [0.25, 0.3) is 0 Å². The molecular weight excluding hydrogens is 172 g/mol. The molecule has 0 aliphatic heterocycles. The molecule has 14 heavy (non-hydrogen) atoms. The van der Waals surface area contributed by atoms with Crippen LogP contribution in [-0.2, 0) is 6.42 Å². The van der Waals surface area contributed by atoms with Crippen LogP contribution < -0.4 is 0 Å². The molecule has 0 fully saturated rings. The average Bonchev–Trinajstić information content (AvgIpc) is 2.24. The first kappa shape index (κ1) is 9.72. The highest BCUT2D eigenvalue weighted by atomic mass is 16.3. The summed E-state index contributed by atoms with van der Waals surface area (Å²) in [4.78, 5) is 0. The highest BCUT2D eigenvalue weighted by molar-refractivity contribution is 5.30. The molecule has 0 bridgehead atoms. The molecule has 1 N–H and O–H groups in total. The summed E-state index contributed by atoms with van der Waals surface area (Å²) in [5.74, 6) is 0. The number of hydrogen-bond donors (Lipinski definition) is 1. The predicted molar refractivity (Wildman–Crippen MR) is 58.1 cm³/mol.